The second-order valence-electron chi connectivity index (χ2n) is 2.83. The third kappa shape index (κ3) is 1.21. The third-order valence-electron chi connectivity index (χ3n) is 2.00. The fourth-order valence-corrected chi connectivity index (χ4v) is 1.17. The molecule has 2 nitrogen and oxygen atoms in total. The molecule has 0 aromatic heterocycles. The number of ether oxygens (including phenoxy) is 1. The molecule has 1 fully saturated rings. The van der Waals surface area contributed by atoms with Gasteiger partial charge in [0, 0.05) is 5.92 Å². The number of hydrogen-bond acceptors (Lipinski definition) is 2. The minimum absolute atomic E-state index is 0.328. The van der Waals surface area contributed by atoms with Gasteiger partial charge in [0.15, 0.2) is 0 Å². The summed E-state index contributed by atoms with van der Waals surface area (Å²) in [6, 6.07) is 7.33. The van der Waals surface area contributed by atoms with Gasteiger partial charge in [-0.25, -0.2) is 0 Å². The second-order valence-corrected chi connectivity index (χ2v) is 2.83. The Morgan fingerprint density at radius 2 is 1.82 bits per heavy atom. The summed E-state index contributed by atoms with van der Waals surface area (Å²) in [6.07, 6.45) is 0. The molecule has 1 aliphatic heterocycles. The van der Waals surface area contributed by atoms with Crippen LogP contribution in [0.1, 0.15) is 11.5 Å². The predicted octanol–water partition coefficient (Wildman–Crippen LogP) is 1.51. The Morgan fingerprint density at radius 3 is 2.27 bits per heavy atom. The molecule has 0 bridgehead atoms. The Kier molecular flexibility index (Phi) is 1.55. The maximum atomic E-state index is 9.00. The van der Waals surface area contributed by atoms with E-state index in [-0.39, 0.29) is 0 Å². The van der Waals surface area contributed by atoms with Crippen LogP contribution in [-0.4, -0.2) is 18.3 Å². The van der Waals surface area contributed by atoms with Crippen LogP contribution >= 0.6 is 0 Å². The van der Waals surface area contributed by atoms with Gasteiger partial charge in [-0.3, -0.25) is 0 Å². The molecule has 58 valence electrons. The highest BCUT2D eigenvalue weighted by Gasteiger charge is 2.19. The lowest BCUT2D eigenvalue weighted by atomic mass is 9.98. The van der Waals surface area contributed by atoms with Gasteiger partial charge in [-0.05, 0) is 17.7 Å². The van der Waals surface area contributed by atoms with Gasteiger partial charge in [0.05, 0.1) is 13.2 Å². The van der Waals surface area contributed by atoms with Crippen molar-refractivity contribution in [1.82, 2.24) is 0 Å². The van der Waals surface area contributed by atoms with Crippen LogP contribution in [0.3, 0.4) is 0 Å². The molecule has 1 saturated heterocycles. The Morgan fingerprint density at radius 1 is 1.18 bits per heavy atom. The molecule has 0 radical (unpaired) electrons. The molecule has 0 unspecified atom stereocenters. The molecule has 0 atom stereocenters. The lowest BCUT2D eigenvalue weighted by molar-refractivity contribution is 0.00840. The minimum atomic E-state index is 0.328. The number of benzene rings is 1. The molecular weight excluding hydrogens is 140 g/mol. The number of phenols is 1. The molecule has 1 heterocycles. The first-order valence-electron chi connectivity index (χ1n) is 3.73. The third-order valence-corrected chi connectivity index (χ3v) is 2.00. The molecule has 11 heavy (non-hydrogen) atoms. The zero-order valence-corrected chi connectivity index (χ0v) is 6.16. The predicted molar refractivity (Wildman–Crippen MR) is 41.7 cm³/mol. The first-order valence-corrected chi connectivity index (χ1v) is 3.73. The highest BCUT2D eigenvalue weighted by atomic mass is 16.5. The van der Waals surface area contributed by atoms with Crippen molar-refractivity contribution < 1.29 is 9.84 Å². The van der Waals surface area contributed by atoms with Gasteiger partial charge in [0.25, 0.3) is 0 Å². The van der Waals surface area contributed by atoms with Gasteiger partial charge in [0.1, 0.15) is 5.75 Å². The van der Waals surface area contributed by atoms with Crippen molar-refractivity contribution in [2.75, 3.05) is 13.2 Å². The van der Waals surface area contributed by atoms with Gasteiger partial charge in [-0.1, -0.05) is 12.1 Å². The van der Waals surface area contributed by atoms with Crippen LogP contribution in [0, 0.1) is 0 Å². The van der Waals surface area contributed by atoms with Crippen molar-refractivity contribution >= 4 is 0 Å². The molecule has 1 aromatic carbocycles. The number of aromatic hydroxyl groups is 1. The molecule has 0 spiro atoms. The normalized spacial score (nSPS) is 17.8. The molecular formula is C9H10O2. The Labute approximate surface area is 65.4 Å². The molecule has 0 aliphatic carbocycles. The maximum Gasteiger partial charge on any atom is 0.115 e. The van der Waals surface area contributed by atoms with E-state index in [9.17, 15) is 0 Å². The molecule has 2 heteroatoms. The van der Waals surface area contributed by atoms with Gasteiger partial charge < -0.3 is 9.84 Å². The SMILES string of the molecule is Oc1ccc(C2COC2)cc1. The lowest BCUT2D eigenvalue weighted by Crippen LogP contribution is -2.24. The fraction of sp³-hybridized carbons (Fsp3) is 0.333. The van der Waals surface area contributed by atoms with E-state index in [0.29, 0.717) is 11.7 Å². The molecule has 1 aliphatic rings. The molecule has 1 N–H and O–H groups in total. The number of rotatable bonds is 1. The first-order chi connectivity index (χ1) is 5.36. The van der Waals surface area contributed by atoms with E-state index in [4.69, 9.17) is 9.84 Å². The Bertz CT molecular complexity index is 236. The average Bonchev–Trinajstić information content (AvgIpc) is 1.90. The van der Waals surface area contributed by atoms with Crippen LogP contribution in [0.2, 0.25) is 0 Å². The van der Waals surface area contributed by atoms with E-state index in [2.05, 4.69) is 0 Å². The monoisotopic (exact) mass is 150 g/mol. The fourth-order valence-electron chi connectivity index (χ4n) is 1.17. The molecule has 0 saturated carbocycles. The minimum Gasteiger partial charge on any atom is -0.508 e. The summed E-state index contributed by atoms with van der Waals surface area (Å²) in [5.41, 5.74) is 1.26. The van der Waals surface area contributed by atoms with E-state index >= 15 is 0 Å². The van der Waals surface area contributed by atoms with Gasteiger partial charge >= 0.3 is 0 Å². The highest BCUT2D eigenvalue weighted by molar-refractivity contribution is 5.29. The van der Waals surface area contributed by atoms with Crippen LogP contribution in [-0.2, 0) is 4.74 Å². The number of hydrogen-bond donors (Lipinski definition) is 1. The van der Waals surface area contributed by atoms with Crippen LogP contribution < -0.4 is 0 Å². The van der Waals surface area contributed by atoms with Crippen molar-refractivity contribution in [3.63, 3.8) is 0 Å². The summed E-state index contributed by atoms with van der Waals surface area (Å²) < 4.78 is 5.06. The summed E-state index contributed by atoms with van der Waals surface area (Å²) in [4.78, 5) is 0. The summed E-state index contributed by atoms with van der Waals surface area (Å²) >= 11 is 0. The van der Waals surface area contributed by atoms with E-state index in [1.165, 1.54) is 5.56 Å². The average molecular weight is 150 g/mol. The standard InChI is InChI=1S/C9H10O2/c10-9-3-1-7(2-4-9)8-5-11-6-8/h1-4,8,10H,5-6H2. The van der Waals surface area contributed by atoms with Gasteiger partial charge in [-0.2, -0.15) is 0 Å². The van der Waals surface area contributed by atoms with E-state index in [0.717, 1.165) is 13.2 Å². The summed E-state index contributed by atoms with van der Waals surface area (Å²) in [5.74, 6) is 0.879. The smallest absolute Gasteiger partial charge is 0.115 e. The Balaban J connectivity index is 2.18. The number of phenolic OH excluding ortho intramolecular Hbond substituents is 1. The lowest BCUT2D eigenvalue weighted by Gasteiger charge is -2.26. The van der Waals surface area contributed by atoms with E-state index in [1.54, 1.807) is 12.1 Å². The van der Waals surface area contributed by atoms with Gasteiger partial charge in [0.2, 0.25) is 0 Å². The van der Waals surface area contributed by atoms with Crippen LogP contribution in [0.25, 0.3) is 0 Å². The largest absolute Gasteiger partial charge is 0.508 e. The summed E-state index contributed by atoms with van der Waals surface area (Å²) in [6.45, 7) is 1.65. The Hall–Kier alpha value is -1.02. The van der Waals surface area contributed by atoms with Crippen molar-refractivity contribution in [3.05, 3.63) is 29.8 Å². The van der Waals surface area contributed by atoms with Crippen LogP contribution in [0.4, 0.5) is 0 Å². The van der Waals surface area contributed by atoms with Crippen molar-refractivity contribution in [2.24, 2.45) is 0 Å². The van der Waals surface area contributed by atoms with Crippen LogP contribution in [0.15, 0.2) is 24.3 Å². The van der Waals surface area contributed by atoms with Crippen molar-refractivity contribution in [2.45, 2.75) is 5.92 Å². The van der Waals surface area contributed by atoms with E-state index < -0.39 is 0 Å². The van der Waals surface area contributed by atoms with Crippen LogP contribution in [0.5, 0.6) is 5.75 Å². The van der Waals surface area contributed by atoms with E-state index in [1.807, 2.05) is 12.1 Å². The zero-order chi connectivity index (χ0) is 7.68. The molecule has 0 amide bonds. The quantitative estimate of drug-likeness (QED) is 0.657. The van der Waals surface area contributed by atoms with Crippen molar-refractivity contribution in [3.8, 4) is 5.75 Å². The zero-order valence-electron chi connectivity index (χ0n) is 6.16. The second kappa shape index (κ2) is 2.55. The highest BCUT2D eigenvalue weighted by Crippen LogP contribution is 2.24. The molecule has 2 rings (SSSR count). The topological polar surface area (TPSA) is 29.5 Å². The maximum absolute atomic E-state index is 9.00. The summed E-state index contributed by atoms with van der Waals surface area (Å²) in [7, 11) is 0. The molecule has 1 aromatic rings. The van der Waals surface area contributed by atoms with Gasteiger partial charge in [-0.15, -0.1) is 0 Å². The summed E-state index contributed by atoms with van der Waals surface area (Å²) in [5, 5.41) is 9.00. The first kappa shape index (κ1) is 6.68. The van der Waals surface area contributed by atoms with Crippen molar-refractivity contribution in [1.29, 1.82) is 0 Å².